The number of ether oxygens (including phenoxy) is 2. The van der Waals surface area contributed by atoms with Crippen LogP contribution >= 0.6 is 0 Å². The van der Waals surface area contributed by atoms with Gasteiger partial charge in [-0.15, -0.1) is 0 Å². The van der Waals surface area contributed by atoms with Gasteiger partial charge in [-0.3, -0.25) is 19.2 Å². The lowest BCUT2D eigenvalue weighted by molar-refractivity contribution is -0.268. The summed E-state index contributed by atoms with van der Waals surface area (Å²) in [6, 6.07) is -3.18. The molecule has 0 aliphatic carbocycles. The highest BCUT2D eigenvalue weighted by Gasteiger charge is 2.46. The van der Waals surface area contributed by atoms with Crippen molar-refractivity contribution < 1.29 is 49.1 Å². The van der Waals surface area contributed by atoms with Gasteiger partial charge in [0.15, 0.2) is 6.29 Å². The molecule has 0 saturated carbocycles. The van der Waals surface area contributed by atoms with Crippen molar-refractivity contribution in [1.82, 2.24) is 15.5 Å². The molecule has 3 amide bonds. The number of carbonyl (C=O) groups is 4. The molecule has 1 fully saturated rings. The highest BCUT2D eigenvalue weighted by atomic mass is 16.6. The van der Waals surface area contributed by atoms with E-state index in [1.807, 2.05) is 0 Å². The Balaban J connectivity index is 3.17. The van der Waals surface area contributed by atoms with Gasteiger partial charge < -0.3 is 51.2 Å². The van der Waals surface area contributed by atoms with Crippen molar-refractivity contribution in [3.05, 3.63) is 0 Å². The molecule has 0 spiro atoms. The van der Waals surface area contributed by atoms with Crippen molar-refractivity contribution in [2.75, 3.05) is 20.2 Å². The number of carboxylic acid groups (broad SMARTS) is 1. The van der Waals surface area contributed by atoms with Crippen LogP contribution in [0.3, 0.4) is 0 Å². The van der Waals surface area contributed by atoms with Gasteiger partial charge in [-0.25, -0.2) is 0 Å². The third-order valence-electron chi connectivity index (χ3n) is 5.51. The van der Waals surface area contributed by atoms with Crippen LogP contribution in [-0.2, 0) is 28.7 Å². The standard InChI is InChI=1S/C20H36N4O10/c1-9(33-17-15(23-11(3)26)20(32)34-13(8-25)16(17)29)7-24(19(31)10(2)22-4)12(18(21)30)5-6-14(27)28/h9-10,12-13,15-17,20,22,25,29,32H,5-8H2,1-4H3,(H2,21,30)(H,23,26)(H,27,28)/t9?,10-,12+,13+,15+,16+,17+,20-/m0/s1. The number of hydrogen-bond donors (Lipinski definition) is 7. The van der Waals surface area contributed by atoms with E-state index in [0.29, 0.717) is 0 Å². The number of nitrogens with one attached hydrogen (secondary N) is 2. The zero-order valence-electron chi connectivity index (χ0n) is 19.7. The van der Waals surface area contributed by atoms with Gasteiger partial charge in [-0.2, -0.15) is 0 Å². The van der Waals surface area contributed by atoms with Gasteiger partial charge in [0.1, 0.15) is 30.4 Å². The molecule has 1 unspecified atom stereocenters. The second-order valence-electron chi connectivity index (χ2n) is 8.23. The quantitative estimate of drug-likeness (QED) is 0.134. The second-order valence-corrected chi connectivity index (χ2v) is 8.23. The third-order valence-corrected chi connectivity index (χ3v) is 5.51. The monoisotopic (exact) mass is 492 g/mol. The number of amides is 3. The maximum absolute atomic E-state index is 13.0. The van der Waals surface area contributed by atoms with Gasteiger partial charge in [-0.1, -0.05) is 0 Å². The summed E-state index contributed by atoms with van der Waals surface area (Å²) in [4.78, 5) is 48.8. The van der Waals surface area contributed by atoms with Crippen LogP contribution in [0, 0.1) is 0 Å². The molecule has 0 aromatic heterocycles. The molecule has 1 saturated heterocycles. The lowest BCUT2D eigenvalue weighted by Gasteiger charge is -2.44. The van der Waals surface area contributed by atoms with Gasteiger partial charge in [0, 0.05) is 19.9 Å². The number of aliphatic hydroxyl groups excluding tert-OH is 3. The molecule has 1 aliphatic rings. The van der Waals surface area contributed by atoms with E-state index < -0.39 is 85.5 Å². The fourth-order valence-electron chi connectivity index (χ4n) is 3.68. The first kappa shape index (κ1) is 29.7. The van der Waals surface area contributed by atoms with Crippen molar-refractivity contribution in [3.8, 4) is 0 Å². The van der Waals surface area contributed by atoms with E-state index >= 15 is 0 Å². The highest BCUT2D eigenvalue weighted by Crippen LogP contribution is 2.24. The average Bonchev–Trinajstić information content (AvgIpc) is 2.75. The average molecular weight is 493 g/mol. The topological polar surface area (TPSA) is 221 Å². The van der Waals surface area contributed by atoms with Crippen molar-refractivity contribution in [2.24, 2.45) is 5.73 Å². The summed E-state index contributed by atoms with van der Waals surface area (Å²) in [7, 11) is 1.53. The summed E-state index contributed by atoms with van der Waals surface area (Å²) in [5.41, 5.74) is 5.46. The van der Waals surface area contributed by atoms with Crippen LogP contribution in [0.5, 0.6) is 0 Å². The van der Waals surface area contributed by atoms with E-state index in [9.17, 15) is 34.5 Å². The molecular weight excluding hydrogens is 456 g/mol. The first-order valence-electron chi connectivity index (χ1n) is 10.9. The Kier molecular flexibility index (Phi) is 11.8. The van der Waals surface area contributed by atoms with Crippen molar-refractivity contribution in [3.63, 3.8) is 0 Å². The second kappa shape index (κ2) is 13.5. The van der Waals surface area contributed by atoms with Crippen LogP contribution in [0.2, 0.25) is 0 Å². The Bertz CT molecular complexity index is 723. The zero-order valence-corrected chi connectivity index (χ0v) is 19.7. The molecule has 196 valence electrons. The van der Waals surface area contributed by atoms with Crippen LogP contribution in [0.15, 0.2) is 0 Å². The molecule has 0 aromatic rings. The number of carbonyl (C=O) groups excluding carboxylic acids is 3. The van der Waals surface area contributed by atoms with Gasteiger partial charge in [0.2, 0.25) is 17.7 Å². The number of nitrogens with zero attached hydrogens (tertiary/aromatic N) is 1. The predicted octanol–water partition coefficient (Wildman–Crippen LogP) is -3.51. The van der Waals surface area contributed by atoms with E-state index in [-0.39, 0.29) is 13.0 Å². The minimum absolute atomic E-state index is 0.223. The summed E-state index contributed by atoms with van der Waals surface area (Å²) in [5, 5.41) is 44.5. The Morgan fingerprint density at radius 3 is 2.29 bits per heavy atom. The molecule has 1 aliphatic heterocycles. The maximum atomic E-state index is 13.0. The van der Waals surface area contributed by atoms with E-state index in [0.717, 1.165) is 4.90 Å². The first-order chi connectivity index (χ1) is 15.8. The minimum Gasteiger partial charge on any atom is -0.481 e. The van der Waals surface area contributed by atoms with Crippen molar-refractivity contribution in [1.29, 1.82) is 0 Å². The molecule has 8 N–H and O–H groups in total. The minimum atomic E-state index is -1.60. The third kappa shape index (κ3) is 8.14. The fourth-order valence-corrected chi connectivity index (χ4v) is 3.68. The molecule has 14 heteroatoms. The number of rotatable bonds is 13. The lowest BCUT2D eigenvalue weighted by Crippen LogP contribution is -2.65. The lowest BCUT2D eigenvalue weighted by atomic mass is 9.96. The molecule has 1 heterocycles. The van der Waals surface area contributed by atoms with E-state index in [2.05, 4.69) is 10.6 Å². The molecule has 14 nitrogen and oxygen atoms in total. The number of aliphatic hydroxyl groups is 3. The predicted molar refractivity (Wildman–Crippen MR) is 116 cm³/mol. The summed E-state index contributed by atoms with van der Waals surface area (Å²) >= 11 is 0. The molecule has 1 rings (SSSR count). The summed E-state index contributed by atoms with van der Waals surface area (Å²) in [5.74, 6) is -3.14. The van der Waals surface area contributed by atoms with E-state index in [1.54, 1.807) is 6.92 Å². The Morgan fingerprint density at radius 2 is 1.82 bits per heavy atom. The highest BCUT2D eigenvalue weighted by molar-refractivity contribution is 5.89. The number of carboxylic acids is 1. The van der Waals surface area contributed by atoms with Gasteiger partial charge >= 0.3 is 5.97 Å². The zero-order chi connectivity index (χ0) is 26.2. The normalized spacial score (nSPS) is 27.3. The van der Waals surface area contributed by atoms with Crippen LogP contribution in [-0.4, -0.2) is 118 Å². The largest absolute Gasteiger partial charge is 0.481 e. The van der Waals surface area contributed by atoms with Crippen LogP contribution in [0.1, 0.15) is 33.6 Å². The maximum Gasteiger partial charge on any atom is 0.303 e. The van der Waals surface area contributed by atoms with Crippen molar-refractivity contribution in [2.45, 2.75) is 82.4 Å². The Labute approximate surface area is 197 Å². The van der Waals surface area contributed by atoms with E-state index in [1.165, 1.54) is 20.9 Å². The number of likely N-dealkylation sites (N-methyl/N-ethyl adjacent to an activating group) is 1. The Hall–Kier alpha value is -2.36. The number of hydrogen-bond acceptors (Lipinski definition) is 10. The molecule has 0 radical (unpaired) electrons. The fraction of sp³-hybridized carbons (Fsp3) is 0.800. The molecule has 0 aromatic carbocycles. The number of aliphatic carboxylic acids is 1. The number of primary amides is 1. The van der Waals surface area contributed by atoms with Gasteiger partial charge in [-0.05, 0) is 27.3 Å². The van der Waals surface area contributed by atoms with Crippen molar-refractivity contribution >= 4 is 23.7 Å². The first-order valence-corrected chi connectivity index (χ1v) is 10.9. The molecule has 34 heavy (non-hydrogen) atoms. The van der Waals surface area contributed by atoms with Crippen LogP contribution in [0.25, 0.3) is 0 Å². The van der Waals surface area contributed by atoms with Crippen LogP contribution < -0.4 is 16.4 Å². The van der Waals surface area contributed by atoms with E-state index in [4.69, 9.17) is 20.3 Å². The van der Waals surface area contributed by atoms with Crippen LogP contribution in [0.4, 0.5) is 0 Å². The smallest absolute Gasteiger partial charge is 0.303 e. The molecule has 8 atom stereocenters. The summed E-state index contributed by atoms with van der Waals surface area (Å²) in [6.07, 6.45) is -7.02. The number of nitrogens with two attached hydrogens (primary N) is 1. The molecular formula is C20H36N4O10. The molecule has 0 bridgehead atoms. The van der Waals surface area contributed by atoms with Gasteiger partial charge in [0.25, 0.3) is 0 Å². The SMILES string of the molecule is CN[C@@H](C)C(=O)N(CC(C)O[C@H]1[C@H](O)[C@@H](CO)O[C@H](O)[C@@H]1NC(C)=O)[C@H](CCC(=O)O)C(N)=O. The summed E-state index contributed by atoms with van der Waals surface area (Å²) in [6.45, 7) is 3.40. The Morgan fingerprint density at radius 1 is 1.21 bits per heavy atom. The van der Waals surface area contributed by atoms with Gasteiger partial charge in [0.05, 0.1) is 18.8 Å². The summed E-state index contributed by atoms with van der Waals surface area (Å²) < 4.78 is 11.0.